The van der Waals surface area contributed by atoms with Gasteiger partial charge in [0.15, 0.2) is 0 Å². The minimum absolute atomic E-state index is 0.181. The Bertz CT molecular complexity index is 679. The van der Waals surface area contributed by atoms with Gasteiger partial charge in [-0.25, -0.2) is 0 Å². The Labute approximate surface area is 144 Å². The molecule has 2 aromatic carbocycles. The van der Waals surface area contributed by atoms with Gasteiger partial charge in [0, 0.05) is 15.5 Å². The van der Waals surface area contributed by atoms with Gasteiger partial charge in [-0.05, 0) is 42.8 Å². The number of carbonyl (C=O) groups excluding carboxylic acids is 1. The smallest absolute Gasteiger partial charge is 0.241 e. The maximum atomic E-state index is 11.8. The van der Waals surface area contributed by atoms with E-state index in [4.69, 9.17) is 28.9 Å². The second-order valence-electron chi connectivity index (χ2n) is 4.71. The Balaban J connectivity index is 2.11. The highest BCUT2D eigenvalue weighted by molar-refractivity contribution is 7.99. The van der Waals surface area contributed by atoms with Crippen LogP contribution in [-0.4, -0.2) is 11.9 Å². The van der Waals surface area contributed by atoms with Crippen LogP contribution in [0.2, 0.25) is 10.0 Å². The van der Waals surface area contributed by atoms with Crippen LogP contribution in [0.3, 0.4) is 0 Å². The van der Waals surface area contributed by atoms with Gasteiger partial charge in [0.1, 0.15) is 0 Å². The molecule has 1 atom stereocenters. The largest absolute Gasteiger partial charge is 0.325 e. The lowest BCUT2D eigenvalue weighted by Crippen LogP contribution is -2.34. The third-order valence-electron chi connectivity index (χ3n) is 3.00. The van der Waals surface area contributed by atoms with Crippen LogP contribution < -0.4 is 11.1 Å². The Morgan fingerprint density at radius 3 is 2.59 bits per heavy atom. The predicted octanol–water partition coefficient (Wildman–Crippen LogP) is 4.82. The Kier molecular flexibility index (Phi) is 6.15. The highest BCUT2D eigenvalue weighted by Gasteiger charge is 2.11. The number of nitrogens with one attached hydrogen (secondary N) is 1. The highest BCUT2D eigenvalue weighted by Crippen LogP contribution is 2.33. The predicted molar refractivity (Wildman–Crippen MR) is 93.9 cm³/mol. The first-order valence-electron chi connectivity index (χ1n) is 6.79. The van der Waals surface area contributed by atoms with Gasteiger partial charge in [-0.3, -0.25) is 4.79 Å². The molecule has 0 spiro atoms. The lowest BCUT2D eigenvalue weighted by molar-refractivity contribution is -0.117. The second-order valence-corrected chi connectivity index (χ2v) is 6.67. The molecule has 0 aliphatic carbocycles. The Morgan fingerprint density at radius 1 is 1.18 bits per heavy atom. The second kappa shape index (κ2) is 7.88. The SMILES string of the molecule is CCC(N)C(=O)Nc1cccc(Sc2ccc(Cl)c(Cl)c2)c1. The molecule has 0 bridgehead atoms. The van der Waals surface area contributed by atoms with E-state index < -0.39 is 6.04 Å². The van der Waals surface area contributed by atoms with Crippen molar-refractivity contribution in [3.63, 3.8) is 0 Å². The summed E-state index contributed by atoms with van der Waals surface area (Å²) in [4.78, 5) is 13.8. The molecule has 0 fully saturated rings. The van der Waals surface area contributed by atoms with Crippen LogP contribution in [-0.2, 0) is 4.79 Å². The first-order chi connectivity index (χ1) is 10.5. The Morgan fingerprint density at radius 2 is 1.91 bits per heavy atom. The van der Waals surface area contributed by atoms with Crippen LogP contribution in [0.25, 0.3) is 0 Å². The average molecular weight is 355 g/mol. The number of benzene rings is 2. The lowest BCUT2D eigenvalue weighted by Gasteiger charge is -2.11. The molecule has 1 unspecified atom stereocenters. The molecule has 22 heavy (non-hydrogen) atoms. The summed E-state index contributed by atoms with van der Waals surface area (Å²) in [5.41, 5.74) is 6.43. The summed E-state index contributed by atoms with van der Waals surface area (Å²) in [5.74, 6) is -0.181. The van der Waals surface area contributed by atoms with Crippen molar-refractivity contribution in [2.24, 2.45) is 5.73 Å². The summed E-state index contributed by atoms with van der Waals surface area (Å²) >= 11 is 13.5. The first kappa shape index (κ1) is 17.2. The molecule has 3 nitrogen and oxygen atoms in total. The maximum absolute atomic E-state index is 11.8. The van der Waals surface area contributed by atoms with Crippen LogP contribution in [0.4, 0.5) is 5.69 Å². The van der Waals surface area contributed by atoms with E-state index in [1.54, 1.807) is 17.8 Å². The van der Waals surface area contributed by atoms with Gasteiger partial charge in [-0.2, -0.15) is 0 Å². The van der Waals surface area contributed by atoms with Crippen molar-refractivity contribution >= 4 is 46.6 Å². The summed E-state index contributed by atoms with van der Waals surface area (Å²) in [6.07, 6.45) is 0.601. The number of nitrogens with two attached hydrogens (primary N) is 1. The molecule has 1 amide bonds. The van der Waals surface area contributed by atoms with Gasteiger partial charge in [0.25, 0.3) is 0 Å². The highest BCUT2D eigenvalue weighted by atomic mass is 35.5. The third kappa shape index (κ3) is 4.65. The zero-order valence-electron chi connectivity index (χ0n) is 12.0. The first-order valence-corrected chi connectivity index (χ1v) is 8.36. The molecule has 6 heteroatoms. The Hall–Kier alpha value is -1.20. The monoisotopic (exact) mass is 354 g/mol. The van der Waals surface area contributed by atoms with E-state index in [1.165, 1.54) is 0 Å². The average Bonchev–Trinajstić information content (AvgIpc) is 2.50. The van der Waals surface area contributed by atoms with Gasteiger partial charge in [0.2, 0.25) is 5.91 Å². The van der Waals surface area contributed by atoms with E-state index in [0.717, 1.165) is 15.5 Å². The molecule has 3 N–H and O–H groups in total. The number of rotatable bonds is 5. The van der Waals surface area contributed by atoms with Crippen molar-refractivity contribution in [3.8, 4) is 0 Å². The summed E-state index contributed by atoms with van der Waals surface area (Å²) in [5, 5.41) is 3.86. The summed E-state index contributed by atoms with van der Waals surface area (Å²) in [7, 11) is 0. The fourth-order valence-electron chi connectivity index (χ4n) is 1.73. The molecular formula is C16H16Cl2N2OS. The molecule has 2 aromatic rings. The molecule has 116 valence electrons. The van der Waals surface area contributed by atoms with E-state index in [9.17, 15) is 4.79 Å². The molecule has 0 aliphatic heterocycles. The van der Waals surface area contributed by atoms with Gasteiger partial charge >= 0.3 is 0 Å². The normalized spacial score (nSPS) is 12.0. The van der Waals surface area contributed by atoms with Crippen LogP contribution in [0.15, 0.2) is 52.3 Å². The quantitative estimate of drug-likeness (QED) is 0.808. The lowest BCUT2D eigenvalue weighted by atomic mass is 10.2. The van der Waals surface area contributed by atoms with Crippen LogP contribution >= 0.6 is 35.0 Å². The minimum atomic E-state index is -0.494. The molecule has 0 saturated heterocycles. The number of amides is 1. The van der Waals surface area contributed by atoms with E-state index >= 15 is 0 Å². The van der Waals surface area contributed by atoms with Crippen LogP contribution in [0.5, 0.6) is 0 Å². The molecule has 0 aromatic heterocycles. The maximum Gasteiger partial charge on any atom is 0.241 e. The van der Waals surface area contributed by atoms with E-state index in [2.05, 4.69) is 5.32 Å². The zero-order valence-corrected chi connectivity index (χ0v) is 14.3. The van der Waals surface area contributed by atoms with Crippen LogP contribution in [0, 0.1) is 0 Å². The van der Waals surface area contributed by atoms with Crippen molar-refractivity contribution in [1.82, 2.24) is 0 Å². The van der Waals surface area contributed by atoms with E-state index in [1.807, 2.05) is 43.3 Å². The van der Waals surface area contributed by atoms with Crippen molar-refractivity contribution in [1.29, 1.82) is 0 Å². The molecule has 0 radical (unpaired) electrons. The standard InChI is InChI=1S/C16H16Cl2N2OS/c1-2-15(19)16(21)20-10-4-3-5-11(8-10)22-12-6-7-13(17)14(18)9-12/h3-9,15H,2,19H2,1H3,(H,20,21). The van der Waals surface area contributed by atoms with Crippen molar-refractivity contribution in [2.45, 2.75) is 29.2 Å². The fraction of sp³-hybridized carbons (Fsp3) is 0.188. The van der Waals surface area contributed by atoms with E-state index in [0.29, 0.717) is 16.5 Å². The minimum Gasteiger partial charge on any atom is -0.325 e. The number of hydrogen-bond acceptors (Lipinski definition) is 3. The van der Waals surface area contributed by atoms with Gasteiger partial charge in [-0.15, -0.1) is 0 Å². The topological polar surface area (TPSA) is 55.1 Å². The number of carbonyl (C=O) groups is 1. The number of anilines is 1. The summed E-state index contributed by atoms with van der Waals surface area (Å²) < 4.78 is 0. The zero-order chi connectivity index (χ0) is 16.1. The summed E-state index contributed by atoms with van der Waals surface area (Å²) in [6, 6.07) is 12.6. The number of halogens is 2. The van der Waals surface area contributed by atoms with Crippen LogP contribution in [0.1, 0.15) is 13.3 Å². The van der Waals surface area contributed by atoms with Gasteiger partial charge in [-0.1, -0.05) is 48.0 Å². The van der Waals surface area contributed by atoms with Crippen molar-refractivity contribution < 1.29 is 4.79 Å². The van der Waals surface area contributed by atoms with Crippen molar-refractivity contribution in [2.75, 3.05) is 5.32 Å². The molecule has 0 heterocycles. The molecule has 0 aliphatic rings. The van der Waals surface area contributed by atoms with Crippen molar-refractivity contribution in [3.05, 3.63) is 52.5 Å². The molecular weight excluding hydrogens is 339 g/mol. The third-order valence-corrected chi connectivity index (χ3v) is 4.72. The van der Waals surface area contributed by atoms with Gasteiger partial charge < -0.3 is 11.1 Å². The number of hydrogen-bond donors (Lipinski definition) is 2. The van der Waals surface area contributed by atoms with Gasteiger partial charge in [0.05, 0.1) is 16.1 Å². The fourth-order valence-corrected chi connectivity index (χ4v) is 3.01. The molecule has 0 saturated carbocycles. The summed E-state index contributed by atoms with van der Waals surface area (Å²) in [6.45, 7) is 1.88. The molecule has 2 rings (SSSR count). The van der Waals surface area contributed by atoms with E-state index in [-0.39, 0.29) is 5.91 Å².